The van der Waals surface area contributed by atoms with Gasteiger partial charge in [-0.3, -0.25) is 4.79 Å². The van der Waals surface area contributed by atoms with Gasteiger partial charge in [0.15, 0.2) is 0 Å². The molecule has 1 aromatic rings. The lowest BCUT2D eigenvalue weighted by molar-refractivity contribution is 0.1000. The van der Waals surface area contributed by atoms with Crippen LogP contribution in [0.25, 0.3) is 0 Å². The number of carbonyl (C=O) groups is 1. The van der Waals surface area contributed by atoms with Crippen LogP contribution in [0.3, 0.4) is 0 Å². The van der Waals surface area contributed by atoms with E-state index in [1.165, 1.54) is 32.1 Å². The fraction of sp³-hybridized carbons (Fsp3) is 0.500. The Hall–Kier alpha value is -1.03. The van der Waals surface area contributed by atoms with Gasteiger partial charge in [-0.25, -0.2) is 4.98 Å². The third kappa shape index (κ3) is 2.98. The van der Waals surface area contributed by atoms with Gasteiger partial charge in [-0.15, -0.1) is 11.8 Å². The molecule has 86 valence electrons. The molecule has 1 aliphatic carbocycles. The Morgan fingerprint density at radius 2 is 2.12 bits per heavy atom. The van der Waals surface area contributed by atoms with Crippen LogP contribution in [0.5, 0.6) is 0 Å². The van der Waals surface area contributed by atoms with Crippen LogP contribution >= 0.6 is 11.8 Å². The lowest BCUT2D eigenvalue weighted by atomic mass is 10.0. The van der Waals surface area contributed by atoms with Gasteiger partial charge in [-0.2, -0.15) is 0 Å². The van der Waals surface area contributed by atoms with Crippen LogP contribution in [0.2, 0.25) is 0 Å². The second-order valence-electron chi connectivity index (χ2n) is 4.12. The zero-order valence-electron chi connectivity index (χ0n) is 9.19. The molecule has 0 radical (unpaired) electrons. The Morgan fingerprint density at radius 3 is 2.81 bits per heavy atom. The largest absolute Gasteiger partial charge is 0.366 e. The number of aromatic nitrogens is 1. The van der Waals surface area contributed by atoms with Crippen LogP contribution in [-0.4, -0.2) is 16.1 Å². The summed E-state index contributed by atoms with van der Waals surface area (Å²) in [6, 6.07) is 3.45. The molecule has 0 atom stereocenters. The molecule has 0 aliphatic heterocycles. The Morgan fingerprint density at radius 1 is 1.38 bits per heavy atom. The number of hydrogen-bond donors (Lipinski definition) is 1. The van der Waals surface area contributed by atoms with E-state index in [2.05, 4.69) is 4.98 Å². The zero-order valence-corrected chi connectivity index (χ0v) is 10.0. The van der Waals surface area contributed by atoms with Crippen LogP contribution in [-0.2, 0) is 0 Å². The van der Waals surface area contributed by atoms with Gasteiger partial charge in [0.05, 0.1) is 5.03 Å². The molecular formula is C12H16N2OS. The molecule has 2 N–H and O–H groups in total. The van der Waals surface area contributed by atoms with Gasteiger partial charge < -0.3 is 5.73 Å². The molecule has 4 heteroatoms. The standard InChI is InChI=1S/C12H16N2OS/c13-12(15)9-6-7-14-11(8-9)16-10-4-2-1-3-5-10/h6-8,10H,1-5H2,(H2,13,15). The number of rotatable bonds is 3. The number of thioether (sulfide) groups is 1. The topological polar surface area (TPSA) is 56.0 Å². The van der Waals surface area contributed by atoms with Crippen LogP contribution < -0.4 is 5.73 Å². The van der Waals surface area contributed by atoms with Gasteiger partial charge in [0.2, 0.25) is 5.91 Å². The van der Waals surface area contributed by atoms with Crippen molar-refractivity contribution in [3.8, 4) is 0 Å². The summed E-state index contributed by atoms with van der Waals surface area (Å²) < 4.78 is 0. The van der Waals surface area contributed by atoms with Gasteiger partial charge in [0.1, 0.15) is 0 Å². The maximum Gasteiger partial charge on any atom is 0.248 e. The second kappa shape index (κ2) is 5.34. The predicted octanol–water partition coefficient (Wildman–Crippen LogP) is 2.61. The molecular weight excluding hydrogens is 220 g/mol. The first-order chi connectivity index (χ1) is 7.75. The zero-order chi connectivity index (χ0) is 11.4. The quantitative estimate of drug-likeness (QED) is 0.877. The maximum absolute atomic E-state index is 11.0. The SMILES string of the molecule is NC(=O)c1ccnc(SC2CCCCC2)c1. The highest BCUT2D eigenvalue weighted by Gasteiger charge is 2.15. The molecule has 1 aliphatic rings. The summed E-state index contributed by atoms with van der Waals surface area (Å²) in [5.41, 5.74) is 5.79. The number of pyridine rings is 1. The smallest absolute Gasteiger partial charge is 0.248 e. The average Bonchev–Trinajstić information content (AvgIpc) is 2.30. The first kappa shape index (κ1) is 11.5. The normalized spacial score (nSPS) is 17.2. The Balaban J connectivity index is 2.02. The van der Waals surface area contributed by atoms with E-state index >= 15 is 0 Å². The van der Waals surface area contributed by atoms with Crippen LogP contribution in [0.4, 0.5) is 0 Å². The van der Waals surface area contributed by atoms with Crippen molar-refractivity contribution in [2.75, 3.05) is 0 Å². The lowest BCUT2D eigenvalue weighted by Crippen LogP contribution is -2.12. The van der Waals surface area contributed by atoms with E-state index < -0.39 is 0 Å². The molecule has 1 saturated carbocycles. The number of nitrogens with two attached hydrogens (primary N) is 1. The van der Waals surface area contributed by atoms with Crippen molar-refractivity contribution in [2.45, 2.75) is 42.4 Å². The summed E-state index contributed by atoms with van der Waals surface area (Å²) in [7, 11) is 0. The molecule has 1 aromatic heterocycles. The van der Waals surface area contributed by atoms with Gasteiger partial charge >= 0.3 is 0 Å². The average molecular weight is 236 g/mol. The lowest BCUT2D eigenvalue weighted by Gasteiger charge is -2.20. The van der Waals surface area contributed by atoms with Crippen molar-refractivity contribution in [1.82, 2.24) is 4.98 Å². The summed E-state index contributed by atoms with van der Waals surface area (Å²) in [5, 5.41) is 1.58. The summed E-state index contributed by atoms with van der Waals surface area (Å²) in [4.78, 5) is 15.3. The van der Waals surface area contributed by atoms with Gasteiger partial charge in [-0.05, 0) is 25.0 Å². The third-order valence-corrected chi connectivity index (χ3v) is 4.13. The highest BCUT2D eigenvalue weighted by atomic mass is 32.2. The van der Waals surface area contributed by atoms with Gasteiger partial charge in [-0.1, -0.05) is 19.3 Å². The number of hydrogen-bond acceptors (Lipinski definition) is 3. The van der Waals surface area contributed by atoms with Crippen LogP contribution in [0, 0.1) is 0 Å². The fourth-order valence-corrected chi connectivity index (χ4v) is 3.21. The van der Waals surface area contributed by atoms with Gasteiger partial charge in [0.25, 0.3) is 0 Å². The van der Waals surface area contributed by atoms with Crippen molar-refractivity contribution < 1.29 is 4.79 Å². The molecule has 16 heavy (non-hydrogen) atoms. The van der Waals surface area contributed by atoms with Crippen molar-refractivity contribution in [3.05, 3.63) is 23.9 Å². The minimum atomic E-state index is -0.382. The Labute approximate surface area is 99.8 Å². The molecule has 0 saturated heterocycles. The highest BCUT2D eigenvalue weighted by Crippen LogP contribution is 2.32. The molecule has 1 fully saturated rings. The van der Waals surface area contributed by atoms with E-state index in [4.69, 9.17) is 5.73 Å². The molecule has 0 spiro atoms. The fourth-order valence-electron chi connectivity index (χ4n) is 1.98. The molecule has 1 amide bonds. The molecule has 0 bridgehead atoms. The van der Waals surface area contributed by atoms with E-state index in [-0.39, 0.29) is 5.91 Å². The minimum absolute atomic E-state index is 0.382. The molecule has 2 rings (SSSR count). The van der Waals surface area contributed by atoms with E-state index in [0.29, 0.717) is 10.8 Å². The summed E-state index contributed by atoms with van der Waals surface area (Å²) in [6.07, 6.45) is 8.15. The Kier molecular flexibility index (Phi) is 3.83. The van der Waals surface area contributed by atoms with Crippen LogP contribution in [0.15, 0.2) is 23.4 Å². The highest BCUT2D eigenvalue weighted by molar-refractivity contribution is 7.99. The third-order valence-electron chi connectivity index (χ3n) is 2.86. The van der Waals surface area contributed by atoms with E-state index in [9.17, 15) is 4.79 Å². The van der Waals surface area contributed by atoms with E-state index in [1.807, 2.05) is 0 Å². The summed E-state index contributed by atoms with van der Waals surface area (Å²) in [6.45, 7) is 0. The first-order valence-corrected chi connectivity index (χ1v) is 6.56. The monoisotopic (exact) mass is 236 g/mol. The molecule has 0 unspecified atom stereocenters. The number of nitrogens with zero attached hydrogens (tertiary/aromatic N) is 1. The minimum Gasteiger partial charge on any atom is -0.366 e. The first-order valence-electron chi connectivity index (χ1n) is 5.68. The number of amides is 1. The predicted molar refractivity (Wildman–Crippen MR) is 65.5 cm³/mol. The summed E-state index contributed by atoms with van der Waals surface area (Å²) >= 11 is 1.78. The maximum atomic E-state index is 11.0. The Bertz CT molecular complexity index is 375. The molecule has 0 aromatic carbocycles. The van der Waals surface area contributed by atoms with Crippen LogP contribution in [0.1, 0.15) is 42.5 Å². The number of primary amides is 1. The van der Waals surface area contributed by atoms with Crippen molar-refractivity contribution in [3.63, 3.8) is 0 Å². The second-order valence-corrected chi connectivity index (χ2v) is 5.45. The van der Waals surface area contributed by atoms with E-state index in [0.717, 1.165) is 5.03 Å². The van der Waals surface area contributed by atoms with Crippen molar-refractivity contribution >= 4 is 17.7 Å². The molecule has 1 heterocycles. The molecule has 3 nitrogen and oxygen atoms in total. The van der Waals surface area contributed by atoms with Crippen molar-refractivity contribution in [1.29, 1.82) is 0 Å². The summed E-state index contributed by atoms with van der Waals surface area (Å²) in [5.74, 6) is -0.382. The number of carbonyl (C=O) groups excluding carboxylic acids is 1. The van der Waals surface area contributed by atoms with Gasteiger partial charge in [0, 0.05) is 17.0 Å². The van der Waals surface area contributed by atoms with Crippen molar-refractivity contribution in [2.24, 2.45) is 5.73 Å². The van der Waals surface area contributed by atoms with E-state index in [1.54, 1.807) is 30.1 Å².